The molecule has 1 amide bonds. The summed E-state index contributed by atoms with van der Waals surface area (Å²) in [5.74, 6) is 0.00630. The molecule has 0 radical (unpaired) electrons. The first-order valence-corrected chi connectivity index (χ1v) is 6.99. The number of carbonyl (C=O) groups excluding carboxylic acids is 1. The fourth-order valence-corrected chi connectivity index (χ4v) is 2.45. The van der Waals surface area contributed by atoms with Gasteiger partial charge in [0.25, 0.3) is 5.91 Å². The van der Waals surface area contributed by atoms with Gasteiger partial charge in [-0.3, -0.25) is 4.79 Å². The smallest absolute Gasteiger partial charge is 0.258 e. The molecule has 1 aromatic carbocycles. The summed E-state index contributed by atoms with van der Waals surface area (Å²) in [5.41, 5.74) is 3.66. The van der Waals surface area contributed by atoms with E-state index in [0.29, 0.717) is 12.1 Å². The Morgan fingerprint density at radius 2 is 2.14 bits per heavy atom. The molecule has 4 heteroatoms. The van der Waals surface area contributed by atoms with Crippen molar-refractivity contribution in [2.45, 2.75) is 13.8 Å². The maximum Gasteiger partial charge on any atom is 0.258 e. The molecule has 0 N–H and O–H groups in total. The molecule has 0 saturated heterocycles. The third-order valence-electron chi connectivity index (χ3n) is 3.54. The summed E-state index contributed by atoms with van der Waals surface area (Å²) < 4.78 is 1.89. The predicted molar refractivity (Wildman–Crippen MR) is 83.7 cm³/mol. The molecule has 0 saturated carbocycles. The molecular weight excluding hydrogens is 262 g/mol. The van der Waals surface area contributed by atoms with Crippen LogP contribution >= 0.6 is 0 Å². The Kier molecular flexibility index (Phi) is 3.44. The molecule has 0 aliphatic heterocycles. The molecule has 0 aliphatic carbocycles. The second-order valence-electron chi connectivity index (χ2n) is 5.03. The van der Waals surface area contributed by atoms with Crippen molar-refractivity contribution in [1.82, 2.24) is 9.38 Å². The van der Waals surface area contributed by atoms with Crippen LogP contribution in [0, 0.1) is 6.92 Å². The van der Waals surface area contributed by atoms with Crippen molar-refractivity contribution in [3.63, 3.8) is 0 Å². The molecular formula is C17H17N3O. The second kappa shape index (κ2) is 5.40. The average molecular weight is 279 g/mol. The first-order valence-electron chi connectivity index (χ1n) is 6.99. The number of carbonyl (C=O) groups is 1. The van der Waals surface area contributed by atoms with Crippen molar-refractivity contribution in [1.29, 1.82) is 0 Å². The predicted octanol–water partition coefficient (Wildman–Crippen LogP) is 3.31. The van der Waals surface area contributed by atoms with E-state index in [2.05, 4.69) is 4.98 Å². The van der Waals surface area contributed by atoms with Gasteiger partial charge in [0.15, 0.2) is 0 Å². The number of hydrogen-bond donors (Lipinski definition) is 0. The number of benzene rings is 1. The van der Waals surface area contributed by atoms with Crippen molar-refractivity contribution >= 4 is 17.1 Å². The van der Waals surface area contributed by atoms with Gasteiger partial charge in [0, 0.05) is 24.0 Å². The Hall–Kier alpha value is -2.62. The molecule has 4 nitrogen and oxygen atoms in total. The monoisotopic (exact) mass is 279 g/mol. The van der Waals surface area contributed by atoms with E-state index in [-0.39, 0.29) is 5.91 Å². The number of anilines is 1. The van der Waals surface area contributed by atoms with Crippen LogP contribution in [-0.2, 0) is 0 Å². The molecule has 2 aromatic heterocycles. The summed E-state index contributed by atoms with van der Waals surface area (Å²) >= 11 is 0. The summed E-state index contributed by atoms with van der Waals surface area (Å²) in [5, 5.41) is 0. The Morgan fingerprint density at radius 3 is 2.90 bits per heavy atom. The fourth-order valence-electron chi connectivity index (χ4n) is 2.45. The van der Waals surface area contributed by atoms with E-state index in [1.54, 1.807) is 17.4 Å². The van der Waals surface area contributed by atoms with Crippen molar-refractivity contribution in [2.75, 3.05) is 11.4 Å². The maximum atomic E-state index is 12.7. The third kappa shape index (κ3) is 2.52. The van der Waals surface area contributed by atoms with Crippen LogP contribution in [0.2, 0.25) is 0 Å². The average Bonchev–Trinajstić information content (AvgIpc) is 2.95. The molecule has 21 heavy (non-hydrogen) atoms. The Morgan fingerprint density at radius 1 is 1.29 bits per heavy atom. The summed E-state index contributed by atoms with van der Waals surface area (Å²) in [6, 6.07) is 11.7. The summed E-state index contributed by atoms with van der Waals surface area (Å²) in [6.45, 7) is 4.64. The molecule has 0 fully saturated rings. The zero-order chi connectivity index (χ0) is 14.8. The number of amides is 1. The van der Waals surface area contributed by atoms with Crippen molar-refractivity contribution < 1.29 is 4.79 Å². The highest BCUT2D eigenvalue weighted by atomic mass is 16.2. The van der Waals surface area contributed by atoms with Gasteiger partial charge in [-0.15, -0.1) is 0 Å². The lowest BCUT2D eigenvalue weighted by Crippen LogP contribution is -2.30. The lowest BCUT2D eigenvalue weighted by Gasteiger charge is -2.21. The van der Waals surface area contributed by atoms with Crippen LogP contribution in [0.25, 0.3) is 5.52 Å². The standard InChI is InChI=1S/C17H17N3O/c1-3-20(15-6-4-5-13(2)9-15)17(21)14-7-8-19-12-18-11-16(19)10-14/h4-12H,3H2,1-2H3. The van der Waals surface area contributed by atoms with Crippen LogP contribution in [0.5, 0.6) is 0 Å². The zero-order valence-electron chi connectivity index (χ0n) is 12.2. The van der Waals surface area contributed by atoms with Crippen LogP contribution in [0.4, 0.5) is 5.69 Å². The third-order valence-corrected chi connectivity index (χ3v) is 3.54. The Labute approximate surface area is 123 Å². The first kappa shape index (κ1) is 13.4. The fraction of sp³-hybridized carbons (Fsp3) is 0.176. The van der Waals surface area contributed by atoms with Gasteiger partial charge in [0.05, 0.1) is 18.0 Å². The van der Waals surface area contributed by atoms with Crippen LogP contribution < -0.4 is 4.90 Å². The van der Waals surface area contributed by atoms with Crippen molar-refractivity contribution in [2.24, 2.45) is 0 Å². The van der Waals surface area contributed by atoms with Crippen molar-refractivity contribution in [3.05, 3.63) is 66.2 Å². The van der Waals surface area contributed by atoms with Gasteiger partial charge in [-0.1, -0.05) is 12.1 Å². The molecule has 3 aromatic rings. The number of aromatic nitrogens is 2. The van der Waals surface area contributed by atoms with Gasteiger partial charge in [0.1, 0.15) is 0 Å². The minimum absolute atomic E-state index is 0.00630. The number of hydrogen-bond acceptors (Lipinski definition) is 2. The van der Waals surface area contributed by atoms with Crippen LogP contribution in [0.3, 0.4) is 0 Å². The Balaban J connectivity index is 1.98. The summed E-state index contributed by atoms with van der Waals surface area (Å²) in [6.07, 6.45) is 5.33. The number of fused-ring (bicyclic) bond motifs is 1. The van der Waals surface area contributed by atoms with E-state index >= 15 is 0 Å². The molecule has 0 bridgehead atoms. The SMILES string of the molecule is CCN(C(=O)c1ccn2cncc2c1)c1cccc(C)c1. The Bertz CT molecular complexity index is 791. The van der Waals surface area contributed by atoms with Gasteiger partial charge in [-0.25, -0.2) is 4.98 Å². The van der Waals surface area contributed by atoms with E-state index in [4.69, 9.17) is 0 Å². The van der Waals surface area contributed by atoms with E-state index in [1.807, 2.05) is 60.8 Å². The topological polar surface area (TPSA) is 37.6 Å². The number of nitrogens with zero attached hydrogens (tertiary/aromatic N) is 3. The normalized spacial score (nSPS) is 10.8. The van der Waals surface area contributed by atoms with E-state index in [9.17, 15) is 4.79 Å². The molecule has 0 unspecified atom stereocenters. The lowest BCUT2D eigenvalue weighted by molar-refractivity contribution is 0.0988. The van der Waals surface area contributed by atoms with E-state index in [1.165, 1.54) is 0 Å². The maximum absolute atomic E-state index is 12.7. The first-order chi connectivity index (χ1) is 10.2. The highest BCUT2D eigenvalue weighted by Gasteiger charge is 2.16. The molecule has 3 rings (SSSR count). The zero-order valence-corrected chi connectivity index (χ0v) is 12.2. The summed E-state index contributed by atoms with van der Waals surface area (Å²) in [7, 11) is 0. The van der Waals surface area contributed by atoms with Gasteiger partial charge in [-0.2, -0.15) is 0 Å². The number of rotatable bonds is 3. The second-order valence-corrected chi connectivity index (χ2v) is 5.03. The van der Waals surface area contributed by atoms with Crippen LogP contribution in [0.1, 0.15) is 22.8 Å². The minimum Gasteiger partial charge on any atom is -0.309 e. The quantitative estimate of drug-likeness (QED) is 0.737. The van der Waals surface area contributed by atoms with E-state index in [0.717, 1.165) is 16.8 Å². The number of aryl methyl sites for hydroxylation is 1. The lowest BCUT2D eigenvalue weighted by atomic mass is 10.1. The summed E-state index contributed by atoms with van der Waals surface area (Å²) in [4.78, 5) is 18.6. The highest BCUT2D eigenvalue weighted by Crippen LogP contribution is 2.19. The number of pyridine rings is 1. The molecule has 2 heterocycles. The largest absolute Gasteiger partial charge is 0.309 e. The minimum atomic E-state index is 0.00630. The van der Waals surface area contributed by atoms with Crippen LogP contribution in [-0.4, -0.2) is 21.8 Å². The van der Waals surface area contributed by atoms with E-state index < -0.39 is 0 Å². The van der Waals surface area contributed by atoms with Crippen molar-refractivity contribution in [3.8, 4) is 0 Å². The van der Waals surface area contributed by atoms with Gasteiger partial charge < -0.3 is 9.30 Å². The molecule has 0 atom stereocenters. The van der Waals surface area contributed by atoms with Gasteiger partial charge in [0.2, 0.25) is 0 Å². The number of imidazole rings is 1. The highest BCUT2D eigenvalue weighted by molar-refractivity contribution is 6.06. The molecule has 106 valence electrons. The molecule has 0 aliphatic rings. The molecule has 0 spiro atoms. The van der Waals surface area contributed by atoms with Gasteiger partial charge >= 0.3 is 0 Å². The van der Waals surface area contributed by atoms with Gasteiger partial charge in [-0.05, 0) is 43.7 Å². The van der Waals surface area contributed by atoms with Crippen LogP contribution in [0.15, 0.2) is 55.1 Å².